The van der Waals surface area contributed by atoms with Gasteiger partial charge in [-0.05, 0) is 50.9 Å². The van der Waals surface area contributed by atoms with Crippen LogP contribution < -0.4 is 10.6 Å². The van der Waals surface area contributed by atoms with E-state index in [2.05, 4.69) is 16.7 Å². The van der Waals surface area contributed by atoms with Gasteiger partial charge >= 0.3 is 12.0 Å². The molecule has 5 nitrogen and oxygen atoms in total. The first-order valence-electron chi connectivity index (χ1n) is 7.99. The summed E-state index contributed by atoms with van der Waals surface area (Å²) in [5.74, 6) is -0.446. The number of carboxylic acid groups (broad SMARTS) is 1. The van der Waals surface area contributed by atoms with Crippen molar-refractivity contribution in [3.05, 3.63) is 11.6 Å². The number of aliphatic carboxylic acids is 1. The van der Waals surface area contributed by atoms with Crippen molar-refractivity contribution in [1.82, 2.24) is 10.6 Å². The molecule has 0 aromatic carbocycles. The number of hydrogen-bond donors (Lipinski definition) is 3. The van der Waals surface area contributed by atoms with Gasteiger partial charge in [0.1, 0.15) is 0 Å². The summed E-state index contributed by atoms with van der Waals surface area (Å²) >= 11 is 0. The Morgan fingerprint density at radius 2 is 2.00 bits per heavy atom. The third kappa shape index (κ3) is 9.10. The van der Waals surface area contributed by atoms with Gasteiger partial charge in [0.15, 0.2) is 0 Å². The number of carbonyl (C=O) groups is 2. The Bertz CT molecular complexity index is 367. The lowest BCUT2D eigenvalue weighted by Gasteiger charge is -2.14. The van der Waals surface area contributed by atoms with Crippen molar-refractivity contribution in [1.29, 1.82) is 0 Å². The van der Waals surface area contributed by atoms with Crippen molar-refractivity contribution in [2.45, 2.75) is 58.3 Å². The average Bonchev–Trinajstić information content (AvgIpc) is 2.46. The van der Waals surface area contributed by atoms with Crippen molar-refractivity contribution >= 4 is 12.0 Å². The highest BCUT2D eigenvalue weighted by Gasteiger charge is 2.07. The van der Waals surface area contributed by atoms with E-state index in [1.165, 1.54) is 31.3 Å². The first kappa shape index (κ1) is 17.5. The fraction of sp³-hybridized carbons (Fsp3) is 0.750. The lowest BCUT2D eigenvalue weighted by atomic mass is 9.97. The molecule has 0 heterocycles. The molecule has 2 amide bonds. The standard InChI is InChI=1S/C16H28N2O3/c1-13(7-8-15(19)20)9-11-17-16(21)18-12-10-14-5-3-2-4-6-14/h5,13H,2-4,6-12H2,1H3,(H,19,20)(H2,17,18,21). The molecule has 0 aliphatic heterocycles. The minimum absolute atomic E-state index is 0.128. The fourth-order valence-electron chi connectivity index (χ4n) is 2.48. The summed E-state index contributed by atoms with van der Waals surface area (Å²) in [6, 6.07) is -0.128. The summed E-state index contributed by atoms with van der Waals surface area (Å²) in [7, 11) is 0. The first-order valence-corrected chi connectivity index (χ1v) is 7.99. The Morgan fingerprint density at radius 3 is 2.67 bits per heavy atom. The molecule has 21 heavy (non-hydrogen) atoms. The third-order valence-corrected chi connectivity index (χ3v) is 3.89. The summed E-state index contributed by atoms with van der Waals surface area (Å²) in [6.07, 6.45) is 9.82. The van der Waals surface area contributed by atoms with Crippen LogP contribution >= 0.6 is 0 Å². The molecule has 1 aliphatic carbocycles. The van der Waals surface area contributed by atoms with E-state index in [4.69, 9.17) is 5.11 Å². The first-order chi connectivity index (χ1) is 10.1. The van der Waals surface area contributed by atoms with E-state index in [1.54, 1.807) is 0 Å². The fourth-order valence-corrected chi connectivity index (χ4v) is 2.48. The van der Waals surface area contributed by atoms with E-state index in [-0.39, 0.29) is 12.5 Å². The van der Waals surface area contributed by atoms with Crippen LogP contribution in [0.5, 0.6) is 0 Å². The topological polar surface area (TPSA) is 78.4 Å². The van der Waals surface area contributed by atoms with E-state index in [0.717, 1.165) is 12.8 Å². The van der Waals surface area contributed by atoms with Crippen molar-refractivity contribution in [2.24, 2.45) is 5.92 Å². The molecular weight excluding hydrogens is 268 g/mol. The Morgan fingerprint density at radius 1 is 1.24 bits per heavy atom. The molecule has 3 N–H and O–H groups in total. The largest absolute Gasteiger partial charge is 0.481 e. The molecule has 1 rings (SSSR count). The van der Waals surface area contributed by atoms with E-state index < -0.39 is 5.97 Å². The van der Waals surface area contributed by atoms with Crippen molar-refractivity contribution in [3.63, 3.8) is 0 Å². The van der Waals surface area contributed by atoms with Gasteiger partial charge in [-0.2, -0.15) is 0 Å². The molecular formula is C16H28N2O3. The predicted molar refractivity (Wildman–Crippen MR) is 83.2 cm³/mol. The van der Waals surface area contributed by atoms with Crippen LogP contribution in [0.4, 0.5) is 4.79 Å². The molecule has 0 aromatic heterocycles. The number of allylic oxidation sites excluding steroid dienone is 1. The molecule has 0 saturated carbocycles. The van der Waals surface area contributed by atoms with Gasteiger partial charge in [0, 0.05) is 19.5 Å². The highest BCUT2D eigenvalue weighted by molar-refractivity contribution is 5.73. The summed E-state index contributed by atoms with van der Waals surface area (Å²) in [5.41, 5.74) is 1.46. The van der Waals surface area contributed by atoms with Crippen LogP contribution in [-0.4, -0.2) is 30.2 Å². The quantitative estimate of drug-likeness (QED) is 0.572. The van der Waals surface area contributed by atoms with Gasteiger partial charge in [-0.1, -0.05) is 18.6 Å². The molecule has 120 valence electrons. The smallest absolute Gasteiger partial charge is 0.314 e. The van der Waals surface area contributed by atoms with Crippen LogP contribution in [-0.2, 0) is 4.79 Å². The maximum atomic E-state index is 11.6. The molecule has 0 fully saturated rings. The summed E-state index contributed by atoms with van der Waals surface area (Å²) in [5, 5.41) is 14.3. The van der Waals surface area contributed by atoms with E-state index >= 15 is 0 Å². The van der Waals surface area contributed by atoms with Crippen LogP contribution in [0.2, 0.25) is 0 Å². The van der Waals surface area contributed by atoms with Crippen LogP contribution in [0.15, 0.2) is 11.6 Å². The van der Waals surface area contributed by atoms with E-state index in [9.17, 15) is 9.59 Å². The number of carboxylic acids is 1. The molecule has 1 aliphatic rings. The SMILES string of the molecule is CC(CCNC(=O)NCCC1=CCCCC1)CCC(=O)O. The lowest BCUT2D eigenvalue weighted by Crippen LogP contribution is -2.37. The summed E-state index contributed by atoms with van der Waals surface area (Å²) < 4.78 is 0. The zero-order valence-electron chi connectivity index (χ0n) is 13.0. The van der Waals surface area contributed by atoms with Crippen LogP contribution in [0.1, 0.15) is 58.3 Å². The monoisotopic (exact) mass is 296 g/mol. The van der Waals surface area contributed by atoms with Gasteiger partial charge in [0.2, 0.25) is 0 Å². The normalized spacial score (nSPS) is 16.0. The number of rotatable bonds is 9. The van der Waals surface area contributed by atoms with Crippen molar-refractivity contribution in [3.8, 4) is 0 Å². The van der Waals surface area contributed by atoms with Gasteiger partial charge < -0.3 is 15.7 Å². The second-order valence-corrected chi connectivity index (χ2v) is 5.87. The molecule has 0 spiro atoms. The van der Waals surface area contributed by atoms with Crippen LogP contribution in [0.25, 0.3) is 0 Å². The summed E-state index contributed by atoms with van der Waals surface area (Å²) in [6.45, 7) is 3.29. The number of hydrogen-bond acceptors (Lipinski definition) is 2. The molecule has 0 aromatic rings. The maximum Gasteiger partial charge on any atom is 0.314 e. The second kappa shape index (κ2) is 10.2. The van der Waals surface area contributed by atoms with Gasteiger partial charge in [0.25, 0.3) is 0 Å². The Hall–Kier alpha value is -1.52. The van der Waals surface area contributed by atoms with E-state index in [0.29, 0.717) is 25.4 Å². The zero-order valence-corrected chi connectivity index (χ0v) is 13.0. The molecule has 0 radical (unpaired) electrons. The number of nitrogens with one attached hydrogen (secondary N) is 2. The van der Waals surface area contributed by atoms with E-state index in [1.807, 2.05) is 6.92 Å². The lowest BCUT2D eigenvalue weighted by molar-refractivity contribution is -0.137. The minimum atomic E-state index is -0.760. The van der Waals surface area contributed by atoms with Crippen LogP contribution in [0, 0.1) is 5.92 Å². The van der Waals surface area contributed by atoms with Gasteiger partial charge in [-0.3, -0.25) is 4.79 Å². The third-order valence-electron chi connectivity index (χ3n) is 3.89. The Kier molecular flexibility index (Phi) is 8.55. The van der Waals surface area contributed by atoms with Gasteiger partial charge in [-0.25, -0.2) is 4.79 Å². The highest BCUT2D eigenvalue weighted by Crippen LogP contribution is 2.19. The number of amides is 2. The Balaban J connectivity index is 2.00. The summed E-state index contributed by atoms with van der Waals surface area (Å²) in [4.78, 5) is 22.0. The maximum absolute atomic E-state index is 11.6. The van der Waals surface area contributed by atoms with Crippen LogP contribution in [0.3, 0.4) is 0 Å². The highest BCUT2D eigenvalue weighted by atomic mass is 16.4. The number of urea groups is 1. The van der Waals surface area contributed by atoms with Gasteiger partial charge in [-0.15, -0.1) is 0 Å². The van der Waals surface area contributed by atoms with Crippen molar-refractivity contribution < 1.29 is 14.7 Å². The Labute approximate surface area is 127 Å². The number of carbonyl (C=O) groups excluding carboxylic acids is 1. The average molecular weight is 296 g/mol. The molecule has 5 heteroatoms. The van der Waals surface area contributed by atoms with Gasteiger partial charge in [0.05, 0.1) is 0 Å². The molecule has 0 bridgehead atoms. The molecule has 1 atom stereocenters. The second-order valence-electron chi connectivity index (χ2n) is 5.87. The van der Waals surface area contributed by atoms with Crippen molar-refractivity contribution in [2.75, 3.05) is 13.1 Å². The predicted octanol–water partition coefficient (Wildman–Crippen LogP) is 3.07. The zero-order chi connectivity index (χ0) is 15.5. The molecule has 1 unspecified atom stereocenters. The minimum Gasteiger partial charge on any atom is -0.481 e. The molecule has 0 saturated heterocycles.